The summed E-state index contributed by atoms with van der Waals surface area (Å²) >= 11 is 5.79. The van der Waals surface area contributed by atoms with Crippen molar-refractivity contribution >= 4 is 11.6 Å². The lowest BCUT2D eigenvalue weighted by atomic mass is 10.1. The lowest BCUT2D eigenvalue weighted by molar-refractivity contribution is -0.155. The summed E-state index contributed by atoms with van der Waals surface area (Å²) in [7, 11) is 0. The molecule has 0 aliphatic rings. The highest BCUT2D eigenvalue weighted by Gasteiger charge is 2.39. The molecule has 1 aromatic heterocycles. The number of nitrogens with one attached hydrogen (secondary N) is 1. The van der Waals surface area contributed by atoms with Crippen LogP contribution in [0.15, 0.2) is 18.5 Å². The number of aromatic nitrogens is 1. The van der Waals surface area contributed by atoms with Crippen molar-refractivity contribution < 1.29 is 13.2 Å². The van der Waals surface area contributed by atoms with Gasteiger partial charge < -0.3 is 5.32 Å². The second kappa shape index (κ2) is 6.21. The maximum atomic E-state index is 12.7. The summed E-state index contributed by atoms with van der Waals surface area (Å²) in [4.78, 5) is 3.74. The Bertz CT molecular complexity index is 355. The second-order valence-corrected chi connectivity index (χ2v) is 4.13. The van der Waals surface area contributed by atoms with Gasteiger partial charge in [0.15, 0.2) is 0 Å². The third-order valence-corrected chi connectivity index (χ3v) is 2.66. The first-order valence-electron chi connectivity index (χ1n) is 5.33. The zero-order chi connectivity index (χ0) is 12.9. The molecule has 17 heavy (non-hydrogen) atoms. The molecule has 1 unspecified atom stereocenters. The Morgan fingerprint density at radius 2 is 2.18 bits per heavy atom. The molecule has 0 spiro atoms. The number of pyridine rings is 1. The Morgan fingerprint density at radius 3 is 2.71 bits per heavy atom. The Hall–Kier alpha value is -0.810. The summed E-state index contributed by atoms with van der Waals surface area (Å²) < 4.78 is 38.2. The lowest BCUT2D eigenvalue weighted by Crippen LogP contribution is -2.44. The molecule has 96 valence electrons. The minimum Gasteiger partial charge on any atom is -0.306 e. The van der Waals surface area contributed by atoms with Gasteiger partial charge in [-0.2, -0.15) is 13.2 Å². The highest BCUT2D eigenvalue weighted by Crippen LogP contribution is 2.25. The normalized spacial score (nSPS) is 13.7. The molecule has 0 saturated heterocycles. The van der Waals surface area contributed by atoms with Gasteiger partial charge in [-0.05, 0) is 31.0 Å². The molecule has 1 aromatic rings. The van der Waals surface area contributed by atoms with Gasteiger partial charge >= 0.3 is 6.18 Å². The van der Waals surface area contributed by atoms with Gasteiger partial charge in [-0.15, -0.1) is 0 Å². The fraction of sp³-hybridized carbons (Fsp3) is 0.545. The fourth-order valence-electron chi connectivity index (χ4n) is 1.41. The van der Waals surface area contributed by atoms with Crippen LogP contribution in [0.5, 0.6) is 0 Å². The van der Waals surface area contributed by atoms with E-state index in [1.165, 1.54) is 18.5 Å². The van der Waals surface area contributed by atoms with Gasteiger partial charge in [-0.3, -0.25) is 4.98 Å². The molecular formula is C11H14ClF3N2. The van der Waals surface area contributed by atoms with E-state index >= 15 is 0 Å². The highest BCUT2D eigenvalue weighted by molar-refractivity contribution is 6.31. The molecule has 0 fully saturated rings. The quantitative estimate of drug-likeness (QED) is 0.885. The molecule has 1 heterocycles. The Kier molecular flexibility index (Phi) is 5.21. The van der Waals surface area contributed by atoms with Crippen LogP contribution in [0.25, 0.3) is 0 Å². The monoisotopic (exact) mass is 266 g/mol. The molecule has 1 atom stereocenters. The van der Waals surface area contributed by atoms with Crippen LogP contribution in [0.3, 0.4) is 0 Å². The molecule has 0 bridgehead atoms. The van der Waals surface area contributed by atoms with Crippen molar-refractivity contribution in [3.05, 3.63) is 29.0 Å². The molecule has 6 heteroatoms. The van der Waals surface area contributed by atoms with Crippen LogP contribution in [0.2, 0.25) is 5.02 Å². The smallest absolute Gasteiger partial charge is 0.306 e. The van der Waals surface area contributed by atoms with Gasteiger partial charge in [0.05, 0.1) is 5.02 Å². The number of hydrogen-bond acceptors (Lipinski definition) is 2. The largest absolute Gasteiger partial charge is 0.404 e. The predicted molar refractivity (Wildman–Crippen MR) is 61.1 cm³/mol. The fourth-order valence-corrected chi connectivity index (χ4v) is 1.61. The average Bonchev–Trinajstić information content (AvgIpc) is 2.25. The topological polar surface area (TPSA) is 24.9 Å². The van der Waals surface area contributed by atoms with E-state index in [1.807, 2.05) is 6.92 Å². The van der Waals surface area contributed by atoms with Gasteiger partial charge in [0, 0.05) is 12.4 Å². The van der Waals surface area contributed by atoms with E-state index in [4.69, 9.17) is 11.6 Å². The molecule has 0 saturated carbocycles. The highest BCUT2D eigenvalue weighted by atomic mass is 35.5. The van der Waals surface area contributed by atoms with E-state index in [-0.39, 0.29) is 11.4 Å². The minimum absolute atomic E-state index is 0.176. The van der Waals surface area contributed by atoms with E-state index in [1.54, 1.807) is 0 Å². The van der Waals surface area contributed by atoms with E-state index < -0.39 is 12.2 Å². The summed E-state index contributed by atoms with van der Waals surface area (Å²) in [6, 6.07) is -0.0586. The maximum Gasteiger partial charge on any atom is 0.404 e. The molecule has 1 N–H and O–H groups in total. The van der Waals surface area contributed by atoms with E-state index in [0.29, 0.717) is 18.5 Å². The SMILES string of the molecule is CCCNC(Cc1ccncc1Cl)C(F)(F)F. The third kappa shape index (κ3) is 4.52. The summed E-state index contributed by atoms with van der Waals surface area (Å²) in [5.74, 6) is 0. The van der Waals surface area contributed by atoms with Crippen molar-refractivity contribution in [3.8, 4) is 0 Å². The third-order valence-electron chi connectivity index (χ3n) is 2.32. The molecular weight excluding hydrogens is 253 g/mol. The minimum atomic E-state index is -4.28. The van der Waals surface area contributed by atoms with E-state index in [9.17, 15) is 13.2 Å². The summed E-state index contributed by atoms with van der Waals surface area (Å²) in [6.45, 7) is 2.15. The standard InChI is InChI=1S/C11H14ClF3N2/c1-2-4-17-10(11(13,14)15)6-8-3-5-16-7-9(8)12/h3,5,7,10,17H,2,4,6H2,1H3. The Morgan fingerprint density at radius 1 is 1.47 bits per heavy atom. The lowest BCUT2D eigenvalue weighted by Gasteiger charge is -2.21. The van der Waals surface area contributed by atoms with Crippen molar-refractivity contribution in [2.75, 3.05) is 6.54 Å². The molecule has 0 aromatic carbocycles. The first-order valence-corrected chi connectivity index (χ1v) is 5.71. The zero-order valence-corrected chi connectivity index (χ0v) is 10.1. The molecule has 2 nitrogen and oxygen atoms in total. The Labute approximate surface area is 103 Å². The van der Waals surface area contributed by atoms with Gasteiger partial charge in [0.2, 0.25) is 0 Å². The number of halogens is 4. The summed E-state index contributed by atoms with van der Waals surface area (Å²) in [5, 5.41) is 2.74. The van der Waals surface area contributed by atoms with E-state index in [2.05, 4.69) is 10.3 Å². The number of alkyl halides is 3. The van der Waals surface area contributed by atoms with Crippen molar-refractivity contribution in [2.45, 2.75) is 32.0 Å². The molecule has 0 radical (unpaired) electrons. The van der Waals surface area contributed by atoms with Crippen molar-refractivity contribution in [1.29, 1.82) is 0 Å². The first-order chi connectivity index (χ1) is 7.95. The van der Waals surface area contributed by atoms with Crippen molar-refractivity contribution in [1.82, 2.24) is 10.3 Å². The van der Waals surface area contributed by atoms with E-state index in [0.717, 1.165) is 0 Å². The van der Waals surface area contributed by atoms with Crippen molar-refractivity contribution in [3.63, 3.8) is 0 Å². The number of hydrogen-bond donors (Lipinski definition) is 1. The summed E-state index contributed by atoms with van der Waals surface area (Å²) in [6.07, 6.45) is -1.01. The molecule has 0 amide bonds. The average molecular weight is 267 g/mol. The predicted octanol–water partition coefficient (Wildman–Crippen LogP) is 3.21. The van der Waals surface area contributed by atoms with Crippen LogP contribution in [0.1, 0.15) is 18.9 Å². The van der Waals surface area contributed by atoms with Crippen LogP contribution >= 0.6 is 11.6 Å². The molecule has 0 aliphatic carbocycles. The molecule has 1 rings (SSSR count). The van der Waals surface area contributed by atoms with Gasteiger partial charge in [-0.25, -0.2) is 0 Å². The molecule has 0 aliphatic heterocycles. The Balaban J connectivity index is 2.76. The van der Waals surface area contributed by atoms with Gasteiger partial charge in [0.25, 0.3) is 0 Å². The maximum absolute atomic E-state index is 12.7. The van der Waals surface area contributed by atoms with Crippen LogP contribution in [0.4, 0.5) is 13.2 Å². The zero-order valence-electron chi connectivity index (χ0n) is 9.39. The second-order valence-electron chi connectivity index (χ2n) is 3.72. The first kappa shape index (κ1) is 14.3. The van der Waals surface area contributed by atoms with Crippen LogP contribution in [-0.2, 0) is 6.42 Å². The van der Waals surface area contributed by atoms with Gasteiger partial charge in [0.1, 0.15) is 6.04 Å². The number of nitrogens with zero attached hydrogens (tertiary/aromatic N) is 1. The van der Waals surface area contributed by atoms with Crippen molar-refractivity contribution in [2.24, 2.45) is 0 Å². The van der Waals surface area contributed by atoms with Crippen LogP contribution < -0.4 is 5.32 Å². The van der Waals surface area contributed by atoms with Crippen LogP contribution in [0, 0.1) is 0 Å². The number of rotatable bonds is 5. The van der Waals surface area contributed by atoms with Crippen LogP contribution in [-0.4, -0.2) is 23.7 Å². The summed E-state index contributed by atoms with van der Waals surface area (Å²) in [5.41, 5.74) is 0.451. The van der Waals surface area contributed by atoms with Gasteiger partial charge in [-0.1, -0.05) is 18.5 Å².